The summed E-state index contributed by atoms with van der Waals surface area (Å²) in [5.74, 6) is 0.449. The highest BCUT2D eigenvalue weighted by Gasteiger charge is 2.24. The average Bonchev–Trinajstić information content (AvgIpc) is 2.99. The minimum atomic E-state index is -0.124. The van der Waals surface area contributed by atoms with E-state index >= 15 is 0 Å². The van der Waals surface area contributed by atoms with Gasteiger partial charge in [-0.3, -0.25) is 0 Å². The number of phenols is 2. The fraction of sp³-hybridized carbons (Fsp3) is 0.316. The van der Waals surface area contributed by atoms with Crippen molar-refractivity contribution in [1.29, 1.82) is 0 Å². The van der Waals surface area contributed by atoms with E-state index in [1.54, 1.807) is 29.2 Å². The van der Waals surface area contributed by atoms with Crippen molar-refractivity contribution in [3.8, 4) is 11.5 Å². The van der Waals surface area contributed by atoms with Gasteiger partial charge in [-0.05, 0) is 55.1 Å². The van der Waals surface area contributed by atoms with Crippen LogP contribution in [0.5, 0.6) is 11.5 Å². The summed E-state index contributed by atoms with van der Waals surface area (Å²) < 4.78 is 0. The molecule has 132 valence electrons. The Balaban J connectivity index is 1.62. The number of benzene rings is 2. The Morgan fingerprint density at radius 2 is 1.72 bits per heavy atom. The first-order valence-corrected chi connectivity index (χ1v) is 8.23. The number of amides is 2. The summed E-state index contributed by atoms with van der Waals surface area (Å²) in [7, 11) is 3.91. The van der Waals surface area contributed by atoms with Gasteiger partial charge >= 0.3 is 6.03 Å². The zero-order valence-corrected chi connectivity index (χ0v) is 14.4. The van der Waals surface area contributed by atoms with Crippen LogP contribution in [0.25, 0.3) is 0 Å². The fourth-order valence-electron chi connectivity index (χ4n) is 3.12. The molecule has 3 rings (SSSR count). The summed E-state index contributed by atoms with van der Waals surface area (Å²) in [5.41, 5.74) is 3.08. The van der Waals surface area contributed by atoms with E-state index in [0.717, 1.165) is 16.7 Å². The van der Waals surface area contributed by atoms with Gasteiger partial charge in [0, 0.05) is 19.6 Å². The molecule has 1 atom stereocenters. The van der Waals surface area contributed by atoms with Crippen LogP contribution in [0.4, 0.5) is 4.79 Å². The van der Waals surface area contributed by atoms with Gasteiger partial charge in [-0.25, -0.2) is 4.79 Å². The highest BCUT2D eigenvalue weighted by Crippen LogP contribution is 2.26. The Hall–Kier alpha value is -2.73. The van der Waals surface area contributed by atoms with Crippen molar-refractivity contribution in [2.24, 2.45) is 0 Å². The van der Waals surface area contributed by atoms with E-state index < -0.39 is 0 Å². The van der Waals surface area contributed by atoms with E-state index in [2.05, 4.69) is 5.32 Å². The molecule has 6 nitrogen and oxygen atoms in total. The quantitative estimate of drug-likeness (QED) is 0.798. The maximum Gasteiger partial charge on any atom is 0.318 e. The van der Waals surface area contributed by atoms with Gasteiger partial charge in [-0.1, -0.05) is 18.2 Å². The second-order valence-electron chi connectivity index (χ2n) is 6.57. The molecule has 0 aromatic heterocycles. The molecule has 0 radical (unpaired) electrons. The van der Waals surface area contributed by atoms with E-state index in [0.29, 0.717) is 19.6 Å². The second-order valence-corrected chi connectivity index (χ2v) is 6.57. The molecule has 0 aliphatic carbocycles. The third kappa shape index (κ3) is 3.85. The SMILES string of the molecule is CN(C)C(CNC(=O)N1Cc2ccc(O)cc2C1)c1ccc(O)cc1. The molecule has 1 aliphatic heterocycles. The molecule has 2 amide bonds. The largest absolute Gasteiger partial charge is 0.508 e. The molecule has 0 saturated carbocycles. The monoisotopic (exact) mass is 341 g/mol. The Bertz CT molecular complexity index is 759. The topological polar surface area (TPSA) is 76.0 Å². The molecule has 0 fully saturated rings. The van der Waals surface area contributed by atoms with E-state index in [1.807, 2.05) is 37.2 Å². The van der Waals surface area contributed by atoms with Gasteiger partial charge in [0.2, 0.25) is 0 Å². The number of likely N-dealkylation sites (N-methyl/N-ethyl adjacent to an activating group) is 1. The minimum absolute atomic E-state index is 0.0126. The zero-order valence-electron chi connectivity index (χ0n) is 14.4. The number of urea groups is 1. The maximum atomic E-state index is 12.5. The highest BCUT2D eigenvalue weighted by atomic mass is 16.3. The van der Waals surface area contributed by atoms with Crippen LogP contribution < -0.4 is 5.32 Å². The molecular formula is C19H23N3O3. The van der Waals surface area contributed by atoms with Crippen LogP contribution in [0.2, 0.25) is 0 Å². The average molecular weight is 341 g/mol. The zero-order chi connectivity index (χ0) is 18.0. The predicted molar refractivity (Wildman–Crippen MR) is 95.3 cm³/mol. The van der Waals surface area contributed by atoms with Gasteiger partial charge in [-0.2, -0.15) is 0 Å². The van der Waals surface area contributed by atoms with Crippen LogP contribution >= 0.6 is 0 Å². The lowest BCUT2D eigenvalue weighted by molar-refractivity contribution is 0.193. The fourth-order valence-corrected chi connectivity index (χ4v) is 3.12. The molecule has 0 spiro atoms. The Labute approximate surface area is 147 Å². The smallest absolute Gasteiger partial charge is 0.318 e. The predicted octanol–water partition coefficient (Wildman–Crippen LogP) is 2.43. The normalized spacial score (nSPS) is 14.4. The summed E-state index contributed by atoms with van der Waals surface area (Å²) in [4.78, 5) is 16.3. The Kier molecular flexibility index (Phi) is 4.81. The molecule has 0 bridgehead atoms. The number of fused-ring (bicyclic) bond motifs is 1. The van der Waals surface area contributed by atoms with Crippen LogP contribution in [0.3, 0.4) is 0 Å². The molecule has 3 N–H and O–H groups in total. The van der Waals surface area contributed by atoms with Crippen molar-refractivity contribution < 1.29 is 15.0 Å². The summed E-state index contributed by atoms with van der Waals surface area (Å²) in [6, 6.07) is 12.1. The standard InChI is InChI=1S/C19H23N3O3/c1-21(2)18(13-3-6-16(23)7-4-13)10-20-19(25)22-11-14-5-8-17(24)9-15(14)12-22/h3-9,18,23-24H,10-12H2,1-2H3,(H,20,25). The second kappa shape index (κ2) is 7.03. The van der Waals surface area contributed by atoms with Gasteiger partial charge < -0.3 is 25.3 Å². The van der Waals surface area contributed by atoms with Crippen molar-refractivity contribution in [3.63, 3.8) is 0 Å². The molecule has 1 unspecified atom stereocenters. The van der Waals surface area contributed by atoms with Crippen LogP contribution in [-0.2, 0) is 13.1 Å². The number of carbonyl (C=O) groups is 1. The molecule has 6 heteroatoms. The number of aromatic hydroxyl groups is 2. The third-order valence-corrected chi connectivity index (χ3v) is 4.55. The maximum absolute atomic E-state index is 12.5. The number of hydrogen-bond donors (Lipinski definition) is 3. The number of nitrogens with one attached hydrogen (secondary N) is 1. The van der Waals surface area contributed by atoms with Crippen molar-refractivity contribution in [1.82, 2.24) is 15.1 Å². The van der Waals surface area contributed by atoms with Crippen LogP contribution in [0, 0.1) is 0 Å². The highest BCUT2D eigenvalue weighted by molar-refractivity contribution is 5.75. The number of hydrogen-bond acceptors (Lipinski definition) is 4. The summed E-state index contributed by atoms with van der Waals surface area (Å²) in [5, 5.41) is 22.0. The van der Waals surface area contributed by atoms with Crippen molar-refractivity contribution in [3.05, 3.63) is 59.2 Å². The molecule has 25 heavy (non-hydrogen) atoms. The van der Waals surface area contributed by atoms with Gasteiger partial charge in [0.1, 0.15) is 11.5 Å². The number of rotatable bonds is 4. The van der Waals surface area contributed by atoms with Crippen molar-refractivity contribution in [2.75, 3.05) is 20.6 Å². The first-order valence-electron chi connectivity index (χ1n) is 8.23. The van der Waals surface area contributed by atoms with Gasteiger partial charge in [0.05, 0.1) is 6.04 Å². The summed E-state index contributed by atoms with van der Waals surface area (Å²) in [6.07, 6.45) is 0. The lowest BCUT2D eigenvalue weighted by Crippen LogP contribution is -2.41. The van der Waals surface area contributed by atoms with Gasteiger partial charge in [-0.15, -0.1) is 0 Å². The van der Waals surface area contributed by atoms with Gasteiger partial charge in [0.15, 0.2) is 0 Å². The molecule has 0 saturated heterocycles. The Morgan fingerprint density at radius 1 is 1.08 bits per heavy atom. The molecule has 1 heterocycles. The summed E-state index contributed by atoms with van der Waals surface area (Å²) >= 11 is 0. The third-order valence-electron chi connectivity index (χ3n) is 4.55. The molecule has 2 aromatic carbocycles. The minimum Gasteiger partial charge on any atom is -0.508 e. The van der Waals surface area contributed by atoms with Crippen LogP contribution in [0.1, 0.15) is 22.7 Å². The van der Waals surface area contributed by atoms with Gasteiger partial charge in [0.25, 0.3) is 0 Å². The van der Waals surface area contributed by atoms with Crippen molar-refractivity contribution in [2.45, 2.75) is 19.1 Å². The van der Waals surface area contributed by atoms with E-state index in [4.69, 9.17) is 0 Å². The number of nitrogens with zero attached hydrogens (tertiary/aromatic N) is 2. The molecular weight excluding hydrogens is 318 g/mol. The first kappa shape index (κ1) is 17.1. The van der Waals surface area contributed by atoms with Crippen LogP contribution in [0.15, 0.2) is 42.5 Å². The number of phenolic OH excluding ortho intramolecular Hbond substituents is 2. The lowest BCUT2D eigenvalue weighted by Gasteiger charge is -2.26. The van der Waals surface area contributed by atoms with Crippen molar-refractivity contribution >= 4 is 6.03 Å². The summed E-state index contributed by atoms with van der Waals surface area (Å²) in [6.45, 7) is 1.52. The lowest BCUT2D eigenvalue weighted by atomic mass is 10.1. The van der Waals surface area contributed by atoms with Crippen LogP contribution in [-0.4, -0.2) is 46.7 Å². The Morgan fingerprint density at radius 3 is 2.40 bits per heavy atom. The number of carbonyl (C=O) groups excluding carboxylic acids is 1. The molecule has 1 aliphatic rings. The molecule has 2 aromatic rings. The van der Waals surface area contributed by atoms with E-state index in [-0.39, 0.29) is 23.6 Å². The first-order chi connectivity index (χ1) is 11.9. The van der Waals surface area contributed by atoms with E-state index in [9.17, 15) is 15.0 Å². The van der Waals surface area contributed by atoms with E-state index in [1.165, 1.54) is 0 Å².